The summed E-state index contributed by atoms with van der Waals surface area (Å²) in [5, 5.41) is 3.20. The Hall–Kier alpha value is -2.10. The molecule has 20 heavy (non-hydrogen) atoms. The largest absolute Gasteiger partial charge is 0.359 e. The Labute approximate surface area is 119 Å². The van der Waals surface area contributed by atoms with Crippen molar-refractivity contribution in [3.63, 3.8) is 0 Å². The molecule has 0 saturated carbocycles. The number of aromatic nitrogens is 2. The summed E-state index contributed by atoms with van der Waals surface area (Å²) in [4.78, 5) is 16.5. The van der Waals surface area contributed by atoms with E-state index in [1.54, 1.807) is 17.0 Å². The zero-order chi connectivity index (χ0) is 14.5. The van der Waals surface area contributed by atoms with E-state index in [1.165, 1.54) is 0 Å². The second kappa shape index (κ2) is 6.37. The molecule has 1 aromatic carbocycles. The van der Waals surface area contributed by atoms with Crippen LogP contribution in [0.1, 0.15) is 32.4 Å². The first kappa shape index (κ1) is 14.3. The smallest absolute Gasteiger partial charge is 0.293 e. The number of hydrogen-bond acceptors (Lipinski definition) is 3. The van der Waals surface area contributed by atoms with Crippen LogP contribution < -0.4 is 10.9 Å². The van der Waals surface area contributed by atoms with E-state index >= 15 is 0 Å². The van der Waals surface area contributed by atoms with Crippen molar-refractivity contribution < 1.29 is 0 Å². The lowest BCUT2D eigenvalue weighted by molar-refractivity contribution is 0.509. The minimum Gasteiger partial charge on any atom is -0.359 e. The van der Waals surface area contributed by atoms with E-state index in [2.05, 4.69) is 24.1 Å². The van der Waals surface area contributed by atoms with Gasteiger partial charge in [0.25, 0.3) is 5.56 Å². The molecule has 0 aliphatic rings. The van der Waals surface area contributed by atoms with E-state index in [9.17, 15) is 4.79 Å². The molecule has 4 heteroatoms. The Morgan fingerprint density at radius 1 is 1.20 bits per heavy atom. The van der Waals surface area contributed by atoms with Crippen molar-refractivity contribution in [2.75, 3.05) is 5.32 Å². The molecule has 106 valence electrons. The summed E-state index contributed by atoms with van der Waals surface area (Å²) in [5.41, 5.74) is 1.07. The fourth-order valence-corrected chi connectivity index (χ4v) is 2.11. The van der Waals surface area contributed by atoms with Crippen LogP contribution in [0, 0.1) is 5.92 Å². The molecule has 0 aliphatic carbocycles. The zero-order valence-electron chi connectivity index (χ0n) is 12.2. The second-order valence-electron chi connectivity index (χ2n) is 5.40. The fourth-order valence-electron chi connectivity index (χ4n) is 2.11. The maximum atomic E-state index is 12.3. The van der Waals surface area contributed by atoms with Gasteiger partial charge in [-0.05, 0) is 18.4 Å². The summed E-state index contributed by atoms with van der Waals surface area (Å²) < 4.78 is 1.71. The van der Waals surface area contributed by atoms with Crippen LogP contribution in [0.2, 0.25) is 0 Å². The van der Waals surface area contributed by atoms with Crippen molar-refractivity contribution in [3.8, 4) is 0 Å². The summed E-state index contributed by atoms with van der Waals surface area (Å²) in [6.45, 7) is 6.91. The maximum absolute atomic E-state index is 12.3. The monoisotopic (exact) mass is 271 g/mol. The average Bonchev–Trinajstić information content (AvgIpc) is 2.43. The first-order valence-electron chi connectivity index (χ1n) is 6.95. The van der Waals surface area contributed by atoms with Crippen molar-refractivity contribution in [2.45, 2.75) is 33.4 Å². The van der Waals surface area contributed by atoms with Gasteiger partial charge in [0.05, 0.1) is 6.04 Å². The quantitative estimate of drug-likeness (QED) is 0.909. The number of hydrogen-bond donors (Lipinski definition) is 1. The SMILES string of the molecule is CC(C)Cn1ccnc(NC(C)c2ccccc2)c1=O. The number of nitrogens with zero attached hydrogens (tertiary/aromatic N) is 2. The Balaban J connectivity index is 2.20. The lowest BCUT2D eigenvalue weighted by Gasteiger charge is -2.16. The van der Waals surface area contributed by atoms with Crippen molar-refractivity contribution >= 4 is 5.82 Å². The van der Waals surface area contributed by atoms with Crippen molar-refractivity contribution in [2.24, 2.45) is 5.92 Å². The van der Waals surface area contributed by atoms with Gasteiger partial charge >= 0.3 is 0 Å². The van der Waals surface area contributed by atoms with Crippen LogP contribution in [0.4, 0.5) is 5.82 Å². The van der Waals surface area contributed by atoms with Crippen LogP contribution in [0.5, 0.6) is 0 Å². The van der Waals surface area contributed by atoms with Crippen molar-refractivity contribution in [1.82, 2.24) is 9.55 Å². The van der Waals surface area contributed by atoms with Gasteiger partial charge < -0.3 is 9.88 Å². The second-order valence-corrected chi connectivity index (χ2v) is 5.40. The number of anilines is 1. The first-order chi connectivity index (χ1) is 9.58. The standard InChI is InChI=1S/C16H21N3O/c1-12(2)11-19-10-9-17-15(16(19)20)18-13(3)14-7-5-4-6-8-14/h4-10,12-13H,11H2,1-3H3,(H,17,18). The molecule has 1 unspecified atom stereocenters. The van der Waals surface area contributed by atoms with Gasteiger partial charge in [-0.3, -0.25) is 4.79 Å². The topological polar surface area (TPSA) is 46.9 Å². The van der Waals surface area contributed by atoms with Crippen LogP contribution in [-0.4, -0.2) is 9.55 Å². The van der Waals surface area contributed by atoms with Gasteiger partial charge in [-0.15, -0.1) is 0 Å². The van der Waals surface area contributed by atoms with Crippen molar-refractivity contribution in [1.29, 1.82) is 0 Å². The molecule has 1 aromatic heterocycles. The molecular formula is C16H21N3O. The number of benzene rings is 1. The third-order valence-electron chi connectivity index (χ3n) is 3.13. The number of rotatable bonds is 5. The van der Waals surface area contributed by atoms with Crippen LogP contribution in [0.15, 0.2) is 47.5 Å². The summed E-state index contributed by atoms with van der Waals surface area (Å²) in [5.74, 6) is 0.832. The van der Waals surface area contributed by atoms with Gasteiger partial charge in [-0.2, -0.15) is 0 Å². The first-order valence-corrected chi connectivity index (χ1v) is 6.95. The fraction of sp³-hybridized carbons (Fsp3) is 0.375. The summed E-state index contributed by atoms with van der Waals surface area (Å²) in [6.07, 6.45) is 3.41. The van der Waals surface area contributed by atoms with E-state index in [-0.39, 0.29) is 11.6 Å². The van der Waals surface area contributed by atoms with E-state index in [4.69, 9.17) is 0 Å². The Kier molecular flexibility index (Phi) is 4.56. The highest BCUT2D eigenvalue weighted by molar-refractivity contribution is 5.35. The summed E-state index contributed by atoms with van der Waals surface area (Å²) in [7, 11) is 0. The van der Waals surface area contributed by atoms with Crippen LogP contribution in [-0.2, 0) is 6.54 Å². The molecule has 0 fully saturated rings. The summed E-state index contributed by atoms with van der Waals surface area (Å²) >= 11 is 0. The van der Waals surface area contributed by atoms with Gasteiger partial charge in [0.15, 0.2) is 5.82 Å². The molecule has 1 N–H and O–H groups in total. The summed E-state index contributed by atoms with van der Waals surface area (Å²) in [6, 6.07) is 10.1. The van der Waals surface area contributed by atoms with Gasteiger partial charge in [-0.25, -0.2) is 4.98 Å². The van der Waals surface area contributed by atoms with Crippen molar-refractivity contribution in [3.05, 3.63) is 58.6 Å². The zero-order valence-corrected chi connectivity index (χ0v) is 12.2. The minimum atomic E-state index is -0.0658. The lowest BCUT2D eigenvalue weighted by Crippen LogP contribution is -2.26. The predicted octanol–water partition coefficient (Wildman–Crippen LogP) is 3.07. The van der Waals surface area contributed by atoms with Gasteiger partial charge in [0.1, 0.15) is 0 Å². The molecule has 2 rings (SSSR count). The van der Waals surface area contributed by atoms with E-state index in [1.807, 2.05) is 37.3 Å². The molecular weight excluding hydrogens is 250 g/mol. The molecule has 0 aliphatic heterocycles. The molecule has 0 amide bonds. The van der Waals surface area contributed by atoms with E-state index < -0.39 is 0 Å². The third-order valence-corrected chi connectivity index (χ3v) is 3.13. The minimum absolute atomic E-state index is 0.0475. The molecule has 0 radical (unpaired) electrons. The average molecular weight is 271 g/mol. The number of nitrogens with one attached hydrogen (secondary N) is 1. The molecule has 0 bridgehead atoms. The Morgan fingerprint density at radius 3 is 2.55 bits per heavy atom. The molecule has 4 nitrogen and oxygen atoms in total. The Bertz CT molecular complexity index is 605. The normalized spacial score (nSPS) is 12.4. The van der Waals surface area contributed by atoms with Crippen LogP contribution in [0.3, 0.4) is 0 Å². The van der Waals surface area contributed by atoms with E-state index in [0.717, 1.165) is 5.56 Å². The van der Waals surface area contributed by atoms with Gasteiger partial charge in [0, 0.05) is 18.9 Å². The molecule has 2 aromatic rings. The van der Waals surface area contributed by atoms with Crippen LogP contribution in [0.25, 0.3) is 0 Å². The molecule has 1 heterocycles. The maximum Gasteiger partial charge on any atom is 0.293 e. The highest BCUT2D eigenvalue weighted by Gasteiger charge is 2.10. The molecule has 0 spiro atoms. The molecule has 1 atom stereocenters. The Morgan fingerprint density at radius 2 is 1.90 bits per heavy atom. The van der Waals surface area contributed by atoms with Crippen LogP contribution >= 0.6 is 0 Å². The van der Waals surface area contributed by atoms with Gasteiger partial charge in [-0.1, -0.05) is 44.2 Å². The highest BCUT2D eigenvalue weighted by Crippen LogP contribution is 2.15. The molecule has 0 saturated heterocycles. The third kappa shape index (κ3) is 3.47. The lowest BCUT2D eigenvalue weighted by atomic mass is 10.1. The van der Waals surface area contributed by atoms with Gasteiger partial charge in [0.2, 0.25) is 0 Å². The highest BCUT2D eigenvalue weighted by atomic mass is 16.1. The predicted molar refractivity (Wildman–Crippen MR) is 81.8 cm³/mol. The van der Waals surface area contributed by atoms with E-state index in [0.29, 0.717) is 18.3 Å².